The number of hydrogen-bond acceptors (Lipinski definition) is 5. The average Bonchev–Trinajstić information content (AvgIpc) is 3.09. The quantitative estimate of drug-likeness (QED) is 0.791. The van der Waals surface area contributed by atoms with Crippen LogP contribution < -0.4 is 5.43 Å². The second kappa shape index (κ2) is 6.99. The molecule has 4 nitrogen and oxygen atoms in total. The Morgan fingerprint density at radius 2 is 1.83 bits per heavy atom. The number of nitrogens with one attached hydrogen (secondary N) is 1. The van der Waals surface area contributed by atoms with Crippen molar-refractivity contribution < 1.29 is 0 Å². The molecular weight excluding hydrogens is 316 g/mol. The number of nitrogens with zero attached hydrogens (tertiary/aromatic N) is 3. The molecule has 0 saturated carbocycles. The zero-order valence-corrected chi connectivity index (χ0v) is 14.7. The van der Waals surface area contributed by atoms with Crippen molar-refractivity contribution in [2.24, 2.45) is 0 Å². The van der Waals surface area contributed by atoms with Crippen LogP contribution in [-0.4, -0.2) is 48.1 Å². The van der Waals surface area contributed by atoms with Gasteiger partial charge in [-0.1, -0.05) is 42.5 Å². The van der Waals surface area contributed by atoms with Gasteiger partial charge in [-0.05, 0) is 17.8 Å². The van der Waals surface area contributed by atoms with Gasteiger partial charge in [0.25, 0.3) is 0 Å². The van der Waals surface area contributed by atoms with Crippen LogP contribution in [0.1, 0.15) is 5.01 Å². The summed E-state index contributed by atoms with van der Waals surface area (Å²) in [6, 6.07) is 15.0. The Balaban J connectivity index is 1.48. The van der Waals surface area contributed by atoms with Gasteiger partial charge in [-0.2, -0.15) is 0 Å². The molecule has 2 aromatic carbocycles. The Morgan fingerprint density at radius 1 is 1.04 bits per heavy atom. The Bertz CT molecular complexity index is 816. The number of rotatable bonds is 4. The van der Waals surface area contributed by atoms with E-state index in [9.17, 15) is 0 Å². The van der Waals surface area contributed by atoms with Gasteiger partial charge in [-0.25, -0.2) is 15.4 Å². The molecular formula is C19H22N4S. The Hall–Kier alpha value is -1.79. The first-order valence-electron chi connectivity index (χ1n) is 8.39. The number of likely N-dealkylation sites (N-methyl/N-ethyl adjacent to an activating group) is 1. The summed E-state index contributed by atoms with van der Waals surface area (Å²) in [7, 11) is 2.18. The standard InChI is InChI=1S/C19H22N4S/c1-22-9-11-23(12-10-22)21-14-19-20-13-18(24-19)17-8-4-6-15-5-2-3-7-16(15)17/h2-8,13,21H,9-12,14H2,1H3. The Labute approximate surface area is 146 Å². The minimum Gasteiger partial charge on any atom is -0.304 e. The van der Waals surface area contributed by atoms with Crippen LogP contribution in [0.4, 0.5) is 0 Å². The van der Waals surface area contributed by atoms with E-state index in [2.05, 4.69) is 69.8 Å². The number of piperazine rings is 1. The zero-order chi connectivity index (χ0) is 16.4. The van der Waals surface area contributed by atoms with Crippen molar-refractivity contribution in [3.05, 3.63) is 53.7 Å². The Morgan fingerprint density at radius 3 is 2.71 bits per heavy atom. The van der Waals surface area contributed by atoms with E-state index in [1.54, 1.807) is 11.3 Å². The van der Waals surface area contributed by atoms with Crippen LogP contribution >= 0.6 is 11.3 Å². The van der Waals surface area contributed by atoms with Crippen molar-refractivity contribution in [2.45, 2.75) is 6.54 Å². The van der Waals surface area contributed by atoms with E-state index in [1.807, 2.05) is 6.20 Å². The van der Waals surface area contributed by atoms with Crippen LogP contribution in [-0.2, 0) is 6.54 Å². The van der Waals surface area contributed by atoms with Crippen LogP contribution in [0.3, 0.4) is 0 Å². The number of fused-ring (bicyclic) bond motifs is 1. The largest absolute Gasteiger partial charge is 0.304 e. The van der Waals surface area contributed by atoms with Crippen LogP contribution in [0.5, 0.6) is 0 Å². The highest BCUT2D eigenvalue weighted by molar-refractivity contribution is 7.15. The van der Waals surface area contributed by atoms with E-state index in [1.165, 1.54) is 21.2 Å². The monoisotopic (exact) mass is 338 g/mol. The van der Waals surface area contributed by atoms with Crippen molar-refractivity contribution in [2.75, 3.05) is 33.2 Å². The molecule has 0 radical (unpaired) electrons. The third-order valence-electron chi connectivity index (χ3n) is 4.57. The minimum atomic E-state index is 0.805. The lowest BCUT2D eigenvalue weighted by Crippen LogP contribution is -2.50. The van der Waals surface area contributed by atoms with Crippen molar-refractivity contribution in [1.29, 1.82) is 0 Å². The molecule has 1 aromatic heterocycles. The molecule has 0 atom stereocenters. The number of thiazole rings is 1. The number of hydrazine groups is 1. The fourth-order valence-electron chi connectivity index (χ4n) is 3.10. The molecule has 0 aliphatic carbocycles. The second-order valence-electron chi connectivity index (χ2n) is 6.27. The summed E-state index contributed by atoms with van der Waals surface area (Å²) in [6.45, 7) is 5.17. The van der Waals surface area contributed by atoms with Gasteiger partial charge < -0.3 is 4.90 Å². The van der Waals surface area contributed by atoms with Crippen LogP contribution in [0.15, 0.2) is 48.7 Å². The lowest BCUT2D eigenvalue weighted by molar-refractivity contribution is 0.102. The van der Waals surface area contributed by atoms with Crippen molar-refractivity contribution in [3.8, 4) is 10.4 Å². The normalized spacial score (nSPS) is 16.7. The summed E-state index contributed by atoms with van der Waals surface area (Å²) in [4.78, 5) is 8.22. The maximum atomic E-state index is 4.62. The maximum Gasteiger partial charge on any atom is 0.108 e. The first-order chi connectivity index (χ1) is 11.8. The summed E-state index contributed by atoms with van der Waals surface area (Å²) in [5, 5.41) is 6.01. The van der Waals surface area contributed by atoms with Crippen molar-refractivity contribution >= 4 is 22.1 Å². The van der Waals surface area contributed by atoms with E-state index in [4.69, 9.17) is 0 Å². The molecule has 3 aromatic rings. The van der Waals surface area contributed by atoms with Crippen LogP contribution in [0, 0.1) is 0 Å². The highest BCUT2D eigenvalue weighted by atomic mass is 32.1. The molecule has 1 aliphatic heterocycles. The fourth-order valence-corrected chi connectivity index (χ4v) is 3.99. The van der Waals surface area contributed by atoms with E-state index >= 15 is 0 Å². The smallest absolute Gasteiger partial charge is 0.108 e. The lowest BCUT2D eigenvalue weighted by Gasteiger charge is -2.32. The molecule has 0 amide bonds. The molecule has 1 fully saturated rings. The first-order valence-corrected chi connectivity index (χ1v) is 9.21. The number of hydrogen-bond donors (Lipinski definition) is 1. The minimum absolute atomic E-state index is 0.805. The van der Waals surface area contributed by atoms with Gasteiger partial charge in [0, 0.05) is 37.9 Å². The van der Waals surface area contributed by atoms with Gasteiger partial charge >= 0.3 is 0 Å². The van der Waals surface area contributed by atoms with E-state index in [0.29, 0.717) is 0 Å². The van der Waals surface area contributed by atoms with Crippen molar-refractivity contribution in [3.63, 3.8) is 0 Å². The molecule has 2 heterocycles. The van der Waals surface area contributed by atoms with Gasteiger partial charge in [0.2, 0.25) is 0 Å². The molecule has 24 heavy (non-hydrogen) atoms. The maximum absolute atomic E-state index is 4.62. The zero-order valence-electron chi connectivity index (χ0n) is 13.9. The van der Waals surface area contributed by atoms with Gasteiger partial charge in [0.1, 0.15) is 5.01 Å². The average molecular weight is 338 g/mol. The SMILES string of the molecule is CN1CCN(NCc2ncc(-c3cccc4ccccc34)s2)CC1. The predicted molar refractivity (Wildman–Crippen MR) is 101 cm³/mol. The van der Waals surface area contributed by atoms with E-state index in [0.717, 1.165) is 37.7 Å². The number of aromatic nitrogens is 1. The van der Waals surface area contributed by atoms with Gasteiger partial charge in [0.15, 0.2) is 0 Å². The predicted octanol–water partition coefficient (Wildman–Crippen LogP) is 3.22. The summed E-state index contributed by atoms with van der Waals surface area (Å²) in [6.07, 6.45) is 2.01. The van der Waals surface area contributed by atoms with E-state index < -0.39 is 0 Å². The topological polar surface area (TPSA) is 31.4 Å². The highest BCUT2D eigenvalue weighted by Gasteiger charge is 2.14. The molecule has 4 rings (SSSR count). The molecule has 1 saturated heterocycles. The summed E-state index contributed by atoms with van der Waals surface area (Å²) >= 11 is 1.78. The Kier molecular flexibility index (Phi) is 4.58. The van der Waals surface area contributed by atoms with Crippen LogP contribution in [0.25, 0.3) is 21.2 Å². The third-order valence-corrected chi connectivity index (χ3v) is 5.60. The third kappa shape index (κ3) is 3.35. The molecule has 0 unspecified atom stereocenters. The van der Waals surface area contributed by atoms with Gasteiger partial charge in [-0.3, -0.25) is 0 Å². The summed E-state index contributed by atoms with van der Waals surface area (Å²) in [5.41, 5.74) is 4.79. The number of benzene rings is 2. The molecule has 1 aliphatic rings. The fraction of sp³-hybridized carbons (Fsp3) is 0.316. The molecule has 1 N–H and O–H groups in total. The lowest BCUT2D eigenvalue weighted by atomic mass is 10.0. The molecule has 5 heteroatoms. The van der Waals surface area contributed by atoms with Crippen molar-refractivity contribution in [1.82, 2.24) is 20.3 Å². The van der Waals surface area contributed by atoms with E-state index in [-0.39, 0.29) is 0 Å². The van der Waals surface area contributed by atoms with Gasteiger partial charge in [-0.15, -0.1) is 11.3 Å². The first kappa shape index (κ1) is 15.7. The molecule has 124 valence electrons. The highest BCUT2D eigenvalue weighted by Crippen LogP contribution is 2.32. The van der Waals surface area contributed by atoms with Crippen LogP contribution in [0.2, 0.25) is 0 Å². The molecule has 0 spiro atoms. The van der Waals surface area contributed by atoms with Gasteiger partial charge in [0.05, 0.1) is 11.4 Å². The summed E-state index contributed by atoms with van der Waals surface area (Å²) < 4.78 is 0. The molecule has 0 bridgehead atoms. The summed E-state index contributed by atoms with van der Waals surface area (Å²) in [5.74, 6) is 0. The second-order valence-corrected chi connectivity index (χ2v) is 7.39.